The average molecular weight is 452 g/mol. The van der Waals surface area contributed by atoms with E-state index in [4.69, 9.17) is 0 Å². The normalized spacial score (nSPS) is 13.9. The Hall–Kier alpha value is -3.39. The third-order valence-corrected chi connectivity index (χ3v) is 6.01. The minimum atomic E-state index is -0.737. The molecule has 176 valence electrons. The lowest BCUT2D eigenvalue weighted by Crippen LogP contribution is -2.36. The molecule has 0 unspecified atom stereocenters. The van der Waals surface area contributed by atoms with Crippen molar-refractivity contribution < 1.29 is 14.4 Å². The summed E-state index contributed by atoms with van der Waals surface area (Å²) in [7, 11) is 3.68. The Bertz CT molecular complexity index is 955. The highest BCUT2D eigenvalue weighted by molar-refractivity contribution is 6.39. The summed E-state index contributed by atoms with van der Waals surface area (Å²) in [5, 5.41) is 10.4. The molecule has 2 aromatic carbocycles. The van der Waals surface area contributed by atoms with E-state index in [9.17, 15) is 14.4 Å². The molecule has 8 nitrogen and oxygen atoms in total. The second-order valence-electron chi connectivity index (χ2n) is 8.39. The van der Waals surface area contributed by atoms with Gasteiger partial charge in [-0.1, -0.05) is 43.5 Å². The molecule has 0 aromatic heterocycles. The van der Waals surface area contributed by atoms with Crippen LogP contribution in [-0.4, -0.2) is 42.9 Å². The van der Waals surface area contributed by atoms with E-state index in [0.717, 1.165) is 17.7 Å². The van der Waals surface area contributed by atoms with Crippen LogP contribution in [0.15, 0.2) is 48.5 Å². The maximum absolute atomic E-state index is 12.4. The van der Waals surface area contributed by atoms with E-state index in [1.165, 1.54) is 39.2 Å². The SMILES string of the molecule is CNC(=O)Nc1ccc(NC(=O)C(=O)NCc2ccccc2CN(C)C2CCCCC2)cc1. The number of anilines is 2. The Kier molecular flexibility index (Phi) is 8.83. The summed E-state index contributed by atoms with van der Waals surface area (Å²) >= 11 is 0. The number of hydrogen-bond donors (Lipinski definition) is 4. The smallest absolute Gasteiger partial charge is 0.318 e. The minimum Gasteiger partial charge on any atom is -0.344 e. The van der Waals surface area contributed by atoms with E-state index in [0.29, 0.717) is 17.4 Å². The highest BCUT2D eigenvalue weighted by atomic mass is 16.2. The van der Waals surface area contributed by atoms with Crippen molar-refractivity contribution in [2.75, 3.05) is 24.7 Å². The Morgan fingerprint density at radius 2 is 1.45 bits per heavy atom. The lowest BCUT2D eigenvalue weighted by atomic mass is 9.94. The molecule has 0 heterocycles. The van der Waals surface area contributed by atoms with Crippen LogP contribution in [0.3, 0.4) is 0 Å². The van der Waals surface area contributed by atoms with Gasteiger partial charge in [0.25, 0.3) is 0 Å². The lowest BCUT2D eigenvalue weighted by Gasteiger charge is -2.31. The summed E-state index contributed by atoms with van der Waals surface area (Å²) < 4.78 is 0. The molecule has 1 fully saturated rings. The predicted octanol–water partition coefficient (Wildman–Crippen LogP) is 3.46. The number of urea groups is 1. The van der Waals surface area contributed by atoms with Crippen molar-refractivity contribution in [3.05, 3.63) is 59.7 Å². The van der Waals surface area contributed by atoms with E-state index >= 15 is 0 Å². The topological polar surface area (TPSA) is 103 Å². The zero-order chi connectivity index (χ0) is 23.6. The molecule has 0 radical (unpaired) electrons. The van der Waals surface area contributed by atoms with Crippen LogP contribution in [0.25, 0.3) is 0 Å². The standard InChI is InChI=1S/C25H33N5O3/c1-26-25(33)29-21-14-12-20(13-15-21)28-24(32)23(31)27-16-18-8-6-7-9-19(18)17-30(2)22-10-4-3-5-11-22/h6-9,12-15,22H,3-5,10-11,16-17H2,1-2H3,(H,27,31)(H,28,32)(H2,26,29,33). The molecule has 33 heavy (non-hydrogen) atoms. The van der Waals surface area contributed by atoms with Crippen LogP contribution < -0.4 is 21.3 Å². The molecule has 8 heteroatoms. The average Bonchev–Trinajstić information content (AvgIpc) is 2.84. The molecule has 0 bridgehead atoms. The monoisotopic (exact) mass is 451 g/mol. The first kappa shape index (κ1) is 24.3. The minimum absolute atomic E-state index is 0.288. The third-order valence-electron chi connectivity index (χ3n) is 6.01. The fourth-order valence-corrected chi connectivity index (χ4v) is 4.08. The molecule has 1 aliphatic carbocycles. The van der Waals surface area contributed by atoms with Gasteiger partial charge in [0.2, 0.25) is 0 Å². The number of amides is 4. The molecule has 1 saturated carbocycles. The van der Waals surface area contributed by atoms with Crippen molar-refractivity contribution >= 4 is 29.2 Å². The van der Waals surface area contributed by atoms with Crippen LogP contribution in [-0.2, 0) is 22.7 Å². The number of nitrogens with zero attached hydrogens (tertiary/aromatic N) is 1. The van der Waals surface area contributed by atoms with E-state index in [2.05, 4.69) is 39.3 Å². The van der Waals surface area contributed by atoms with E-state index in [1.54, 1.807) is 24.3 Å². The molecule has 1 aliphatic rings. The molecule has 2 aromatic rings. The van der Waals surface area contributed by atoms with Crippen LogP contribution in [0.5, 0.6) is 0 Å². The predicted molar refractivity (Wildman–Crippen MR) is 130 cm³/mol. The number of hydrogen-bond acceptors (Lipinski definition) is 4. The van der Waals surface area contributed by atoms with Crippen molar-refractivity contribution in [3.63, 3.8) is 0 Å². The van der Waals surface area contributed by atoms with Gasteiger partial charge in [-0.2, -0.15) is 0 Å². The number of benzene rings is 2. The maximum Gasteiger partial charge on any atom is 0.318 e. The molecule has 4 N–H and O–H groups in total. The van der Waals surface area contributed by atoms with Crippen LogP contribution >= 0.6 is 0 Å². The molecule has 0 aliphatic heterocycles. The van der Waals surface area contributed by atoms with Crippen LogP contribution in [0.4, 0.5) is 16.2 Å². The summed E-state index contributed by atoms with van der Waals surface area (Å²) in [6.07, 6.45) is 6.37. The summed E-state index contributed by atoms with van der Waals surface area (Å²) in [5.41, 5.74) is 3.20. The van der Waals surface area contributed by atoms with Gasteiger partial charge in [0.15, 0.2) is 0 Å². The largest absolute Gasteiger partial charge is 0.344 e. The van der Waals surface area contributed by atoms with Gasteiger partial charge >= 0.3 is 17.8 Å². The number of carbonyl (C=O) groups excluding carboxylic acids is 3. The Balaban J connectivity index is 1.51. The fourth-order valence-electron chi connectivity index (χ4n) is 4.08. The van der Waals surface area contributed by atoms with Gasteiger partial charge in [-0.05, 0) is 55.3 Å². The Labute approximate surface area is 195 Å². The van der Waals surface area contributed by atoms with Gasteiger partial charge in [-0.3, -0.25) is 14.5 Å². The quantitative estimate of drug-likeness (QED) is 0.484. The van der Waals surface area contributed by atoms with Gasteiger partial charge in [-0.15, -0.1) is 0 Å². The first-order valence-electron chi connectivity index (χ1n) is 11.4. The van der Waals surface area contributed by atoms with Crippen LogP contribution in [0, 0.1) is 0 Å². The van der Waals surface area contributed by atoms with Crippen molar-refractivity contribution in [2.24, 2.45) is 0 Å². The first-order valence-corrected chi connectivity index (χ1v) is 11.4. The number of rotatable bonds is 7. The second-order valence-corrected chi connectivity index (χ2v) is 8.39. The Morgan fingerprint density at radius 3 is 2.09 bits per heavy atom. The highest BCUT2D eigenvalue weighted by Gasteiger charge is 2.19. The zero-order valence-electron chi connectivity index (χ0n) is 19.3. The molecule has 3 rings (SSSR count). The molecule has 0 atom stereocenters. The van der Waals surface area contributed by atoms with E-state index in [1.807, 2.05) is 18.2 Å². The van der Waals surface area contributed by atoms with Gasteiger partial charge in [-0.25, -0.2) is 4.79 Å². The summed E-state index contributed by atoms with van der Waals surface area (Å²) in [6.45, 7) is 1.11. The van der Waals surface area contributed by atoms with Crippen molar-refractivity contribution in [1.29, 1.82) is 0 Å². The fraction of sp³-hybridized carbons (Fsp3) is 0.400. The van der Waals surface area contributed by atoms with Crippen molar-refractivity contribution in [3.8, 4) is 0 Å². The van der Waals surface area contributed by atoms with E-state index in [-0.39, 0.29) is 12.6 Å². The lowest BCUT2D eigenvalue weighted by molar-refractivity contribution is -0.136. The van der Waals surface area contributed by atoms with E-state index < -0.39 is 11.8 Å². The van der Waals surface area contributed by atoms with Crippen molar-refractivity contribution in [2.45, 2.75) is 51.2 Å². The van der Waals surface area contributed by atoms with Gasteiger partial charge in [0.05, 0.1) is 0 Å². The molecule has 0 spiro atoms. The number of carbonyl (C=O) groups is 3. The second kappa shape index (κ2) is 12.0. The van der Waals surface area contributed by atoms with Crippen LogP contribution in [0.2, 0.25) is 0 Å². The third kappa shape index (κ3) is 7.32. The Morgan fingerprint density at radius 1 is 0.848 bits per heavy atom. The number of nitrogens with one attached hydrogen (secondary N) is 4. The maximum atomic E-state index is 12.4. The first-order chi connectivity index (χ1) is 16.0. The van der Waals surface area contributed by atoms with Gasteiger partial charge in [0, 0.05) is 37.6 Å². The molecular formula is C25H33N5O3. The summed E-state index contributed by atoms with van der Waals surface area (Å²) in [4.78, 5) is 38.4. The van der Waals surface area contributed by atoms with Crippen molar-refractivity contribution in [1.82, 2.24) is 15.5 Å². The summed E-state index contributed by atoms with van der Waals surface area (Å²) in [5.74, 6) is -1.43. The highest BCUT2D eigenvalue weighted by Crippen LogP contribution is 2.23. The molecular weight excluding hydrogens is 418 g/mol. The van der Waals surface area contributed by atoms with Gasteiger partial charge < -0.3 is 21.3 Å². The molecule has 0 saturated heterocycles. The molecule has 4 amide bonds. The van der Waals surface area contributed by atoms with Gasteiger partial charge in [0.1, 0.15) is 0 Å². The zero-order valence-corrected chi connectivity index (χ0v) is 19.3. The summed E-state index contributed by atoms with van der Waals surface area (Å²) in [6, 6.07) is 14.8. The van der Waals surface area contributed by atoms with Crippen LogP contribution in [0.1, 0.15) is 43.2 Å².